The van der Waals surface area contributed by atoms with Crippen molar-refractivity contribution < 1.29 is 24.2 Å². The van der Waals surface area contributed by atoms with Gasteiger partial charge in [-0.2, -0.15) is 0 Å². The predicted molar refractivity (Wildman–Crippen MR) is 216 cm³/mol. The van der Waals surface area contributed by atoms with Crippen LogP contribution in [0, 0.1) is 0 Å². The molecule has 8 heteroatoms. The van der Waals surface area contributed by atoms with Crippen molar-refractivity contribution in [1.82, 2.24) is 15.5 Å². The van der Waals surface area contributed by atoms with Crippen LogP contribution in [0.3, 0.4) is 0 Å². The summed E-state index contributed by atoms with van der Waals surface area (Å²) in [7, 11) is 0. The zero-order chi connectivity index (χ0) is 37.1. The van der Waals surface area contributed by atoms with E-state index in [4.69, 9.17) is 9.47 Å². The zero-order valence-corrected chi connectivity index (χ0v) is 34.1. The van der Waals surface area contributed by atoms with Gasteiger partial charge in [-0.05, 0) is 19.3 Å². The summed E-state index contributed by atoms with van der Waals surface area (Å²) >= 11 is 0. The second kappa shape index (κ2) is 43.2. The van der Waals surface area contributed by atoms with E-state index in [-0.39, 0.29) is 18.4 Å². The SMILES string of the molecule is CCCCCCCCCCCCCCCC(=O)NCCOCCN(CCCO)CCOCCNC(=O)CCCCCCCCCCCCCCC. The zero-order valence-electron chi connectivity index (χ0n) is 34.1. The third-order valence-corrected chi connectivity index (χ3v) is 9.89. The van der Waals surface area contributed by atoms with Crippen LogP contribution in [0.25, 0.3) is 0 Å². The molecule has 0 rings (SSSR count). The fraction of sp³-hybridized carbons (Fsp3) is 0.953. The lowest BCUT2D eigenvalue weighted by molar-refractivity contribution is -0.122. The van der Waals surface area contributed by atoms with Crippen LogP contribution in [0.5, 0.6) is 0 Å². The van der Waals surface area contributed by atoms with E-state index >= 15 is 0 Å². The summed E-state index contributed by atoms with van der Waals surface area (Å²) in [6.07, 6.45) is 36.0. The second-order valence-corrected chi connectivity index (χ2v) is 14.8. The number of carbonyl (C=O) groups excluding carboxylic acids is 2. The Morgan fingerprint density at radius 1 is 0.431 bits per heavy atom. The van der Waals surface area contributed by atoms with Gasteiger partial charge in [-0.25, -0.2) is 0 Å². The summed E-state index contributed by atoms with van der Waals surface area (Å²) in [5.74, 6) is 0.248. The number of carbonyl (C=O) groups is 2. The monoisotopic (exact) mass is 726 g/mol. The van der Waals surface area contributed by atoms with Gasteiger partial charge in [-0.15, -0.1) is 0 Å². The minimum atomic E-state index is 0.124. The molecule has 0 spiro atoms. The summed E-state index contributed by atoms with van der Waals surface area (Å²) in [4.78, 5) is 26.5. The van der Waals surface area contributed by atoms with E-state index in [1.54, 1.807) is 0 Å². The highest BCUT2D eigenvalue weighted by Crippen LogP contribution is 2.14. The van der Waals surface area contributed by atoms with Crippen LogP contribution in [0.15, 0.2) is 0 Å². The Bertz CT molecular complexity index is 657. The first kappa shape index (κ1) is 49.8. The quantitative estimate of drug-likeness (QED) is 0.0542. The third kappa shape index (κ3) is 41.4. The van der Waals surface area contributed by atoms with E-state index in [0.717, 1.165) is 45.3 Å². The van der Waals surface area contributed by atoms with E-state index in [2.05, 4.69) is 29.4 Å². The Morgan fingerprint density at radius 2 is 0.745 bits per heavy atom. The number of unbranched alkanes of at least 4 members (excludes halogenated alkanes) is 24. The molecule has 8 nitrogen and oxygen atoms in total. The summed E-state index contributed by atoms with van der Waals surface area (Å²) in [5, 5.41) is 15.2. The maximum atomic E-state index is 12.1. The Morgan fingerprint density at radius 3 is 1.06 bits per heavy atom. The molecule has 0 heterocycles. The Balaban J connectivity index is 3.60. The van der Waals surface area contributed by atoms with Crippen molar-refractivity contribution in [3.05, 3.63) is 0 Å². The number of aliphatic hydroxyl groups is 1. The molecule has 0 aliphatic rings. The fourth-order valence-corrected chi connectivity index (χ4v) is 6.53. The number of aliphatic hydroxyl groups excluding tert-OH is 1. The second-order valence-electron chi connectivity index (χ2n) is 14.8. The van der Waals surface area contributed by atoms with Crippen LogP contribution in [-0.2, 0) is 19.1 Å². The van der Waals surface area contributed by atoms with Crippen molar-refractivity contribution >= 4 is 11.8 Å². The molecule has 0 saturated carbocycles. The van der Waals surface area contributed by atoms with Gasteiger partial charge in [-0.3, -0.25) is 14.5 Å². The standard InChI is InChI=1S/C43H87N3O5/c1-3-5-7-9-11-13-15-17-19-21-23-25-27-30-42(48)44-32-38-50-40-35-46(34-29-37-47)36-41-51-39-33-45-43(49)31-28-26-24-22-20-18-16-14-12-10-8-6-4-2/h47H,3-41H2,1-2H3,(H,44,48)(H,45,49). The normalized spacial score (nSPS) is 11.5. The van der Waals surface area contributed by atoms with Gasteiger partial charge >= 0.3 is 0 Å². The first-order valence-electron chi connectivity index (χ1n) is 22.2. The van der Waals surface area contributed by atoms with E-state index in [1.165, 1.54) is 141 Å². The summed E-state index contributed by atoms with van der Waals surface area (Å²) < 4.78 is 11.5. The highest BCUT2D eigenvalue weighted by molar-refractivity contribution is 5.76. The van der Waals surface area contributed by atoms with Crippen LogP contribution in [-0.4, -0.2) is 87.6 Å². The Hall–Kier alpha value is -1.22. The van der Waals surface area contributed by atoms with Crippen LogP contribution in [0.2, 0.25) is 0 Å². The molecular weight excluding hydrogens is 638 g/mol. The van der Waals surface area contributed by atoms with Crippen molar-refractivity contribution in [2.24, 2.45) is 0 Å². The van der Waals surface area contributed by atoms with Gasteiger partial charge in [0.05, 0.1) is 26.4 Å². The molecule has 0 saturated heterocycles. The minimum Gasteiger partial charge on any atom is -0.396 e. The van der Waals surface area contributed by atoms with Gasteiger partial charge in [0, 0.05) is 52.2 Å². The lowest BCUT2D eigenvalue weighted by Crippen LogP contribution is -2.34. The number of nitrogens with zero attached hydrogens (tertiary/aromatic N) is 1. The van der Waals surface area contributed by atoms with E-state index in [9.17, 15) is 14.7 Å². The van der Waals surface area contributed by atoms with Crippen LogP contribution in [0.4, 0.5) is 0 Å². The molecule has 0 aliphatic heterocycles. The van der Waals surface area contributed by atoms with E-state index < -0.39 is 0 Å². The molecule has 0 radical (unpaired) electrons. The maximum absolute atomic E-state index is 12.1. The lowest BCUT2D eigenvalue weighted by Gasteiger charge is -2.22. The fourth-order valence-electron chi connectivity index (χ4n) is 6.53. The smallest absolute Gasteiger partial charge is 0.220 e. The molecule has 2 amide bonds. The van der Waals surface area contributed by atoms with Crippen molar-refractivity contribution in [3.8, 4) is 0 Å². The minimum absolute atomic E-state index is 0.124. The van der Waals surface area contributed by atoms with Crippen molar-refractivity contribution in [1.29, 1.82) is 0 Å². The van der Waals surface area contributed by atoms with Gasteiger partial charge in [-0.1, -0.05) is 168 Å². The number of hydrogen-bond donors (Lipinski definition) is 3. The third-order valence-electron chi connectivity index (χ3n) is 9.89. The van der Waals surface area contributed by atoms with Crippen LogP contribution in [0.1, 0.15) is 200 Å². The van der Waals surface area contributed by atoms with Gasteiger partial charge in [0.2, 0.25) is 11.8 Å². The number of amides is 2. The molecule has 0 aliphatic carbocycles. The van der Waals surface area contributed by atoms with Crippen molar-refractivity contribution in [2.75, 3.05) is 65.8 Å². The average Bonchev–Trinajstić information content (AvgIpc) is 3.13. The molecule has 51 heavy (non-hydrogen) atoms. The summed E-state index contributed by atoms with van der Waals surface area (Å²) in [6.45, 7) is 10.3. The number of ether oxygens (including phenoxy) is 2. The highest BCUT2D eigenvalue weighted by atomic mass is 16.5. The molecular formula is C43H87N3O5. The van der Waals surface area contributed by atoms with Crippen molar-refractivity contribution in [2.45, 2.75) is 200 Å². The van der Waals surface area contributed by atoms with Gasteiger partial charge < -0.3 is 25.2 Å². The van der Waals surface area contributed by atoms with Gasteiger partial charge in [0.15, 0.2) is 0 Å². The Kier molecular flexibility index (Phi) is 42.2. The maximum Gasteiger partial charge on any atom is 0.220 e. The Labute approximate surface area is 316 Å². The van der Waals surface area contributed by atoms with Crippen LogP contribution >= 0.6 is 0 Å². The van der Waals surface area contributed by atoms with Crippen LogP contribution < -0.4 is 10.6 Å². The topological polar surface area (TPSA) is 100 Å². The molecule has 0 bridgehead atoms. The predicted octanol–water partition coefficient (Wildman–Crippen LogP) is 9.90. The molecule has 0 atom stereocenters. The van der Waals surface area contributed by atoms with Gasteiger partial charge in [0.25, 0.3) is 0 Å². The number of nitrogens with one attached hydrogen (secondary N) is 2. The summed E-state index contributed by atoms with van der Waals surface area (Å²) in [6, 6.07) is 0. The average molecular weight is 726 g/mol. The number of hydrogen-bond acceptors (Lipinski definition) is 6. The molecule has 0 aromatic heterocycles. The van der Waals surface area contributed by atoms with Crippen molar-refractivity contribution in [3.63, 3.8) is 0 Å². The first-order chi connectivity index (χ1) is 25.1. The lowest BCUT2D eigenvalue weighted by atomic mass is 10.0. The molecule has 304 valence electrons. The molecule has 0 aromatic carbocycles. The largest absolute Gasteiger partial charge is 0.396 e. The summed E-state index contributed by atoms with van der Waals surface area (Å²) in [5.41, 5.74) is 0. The number of rotatable bonds is 43. The van der Waals surface area contributed by atoms with Gasteiger partial charge in [0.1, 0.15) is 0 Å². The first-order valence-corrected chi connectivity index (χ1v) is 22.2. The molecule has 3 N–H and O–H groups in total. The molecule has 0 fully saturated rings. The highest BCUT2D eigenvalue weighted by Gasteiger charge is 2.06. The molecule has 0 aromatic rings. The molecule has 0 unspecified atom stereocenters. The van der Waals surface area contributed by atoms with E-state index in [0.29, 0.717) is 58.8 Å². The van der Waals surface area contributed by atoms with E-state index in [1.807, 2.05) is 0 Å².